The van der Waals surface area contributed by atoms with Gasteiger partial charge in [0.15, 0.2) is 11.5 Å². The lowest BCUT2D eigenvalue weighted by atomic mass is 10.2. The van der Waals surface area contributed by atoms with Crippen molar-refractivity contribution in [3.63, 3.8) is 0 Å². The summed E-state index contributed by atoms with van der Waals surface area (Å²) >= 11 is 3.36. The quantitative estimate of drug-likeness (QED) is 0.521. The number of carbonyl (C=O) groups is 2. The van der Waals surface area contributed by atoms with Crippen LogP contribution in [0.5, 0.6) is 17.2 Å². The maximum atomic E-state index is 12.2. The van der Waals surface area contributed by atoms with E-state index in [0.717, 1.165) is 4.47 Å². The van der Waals surface area contributed by atoms with Gasteiger partial charge in [-0.15, -0.1) is 0 Å². The molecule has 0 radical (unpaired) electrons. The molecule has 1 aliphatic rings. The Morgan fingerprint density at radius 3 is 2.75 bits per heavy atom. The van der Waals surface area contributed by atoms with E-state index < -0.39 is 11.8 Å². The SMILES string of the molecule is COc1ccc(Br)cc1/C=N\NC(=O)CNC(=O)c1ccc2c(c1)OCCO2. The Morgan fingerprint density at radius 1 is 1.18 bits per heavy atom. The molecule has 146 valence electrons. The Balaban J connectivity index is 1.52. The van der Waals surface area contributed by atoms with Gasteiger partial charge in [0, 0.05) is 15.6 Å². The lowest BCUT2D eigenvalue weighted by Crippen LogP contribution is -2.35. The van der Waals surface area contributed by atoms with Crippen LogP contribution in [0.15, 0.2) is 46.0 Å². The minimum Gasteiger partial charge on any atom is -0.496 e. The Bertz CT molecular complexity index is 916. The van der Waals surface area contributed by atoms with E-state index in [4.69, 9.17) is 14.2 Å². The number of methoxy groups -OCH3 is 1. The zero-order chi connectivity index (χ0) is 19.9. The molecule has 0 unspecified atom stereocenters. The first-order valence-corrected chi connectivity index (χ1v) is 9.19. The molecule has 9 heteroatoms. The maximum absolute atomic E-state index is 12.2. The van der Waals surface area contributed by atoms with Gasteiger partial charge in [-0.1, -0.05) is 15.9 Å². The molecule has 0 saturated carbocycles. The fourth-order valence-corrected chi connectivity index (χ4v) is 2.85. The highest BCUT2D eigenvalue weighted by atomic mass is 79.9. The molecular weight excluding hydrogens is 430 g/mol. The average Bonchev–Trinajstić information content (AvgIpc) is 2.72. The van der Waals surface area contributed by atoms with E-state index in [9.17, 15) is 9.59 Å². The predicted octanol–water partition coefficient (Wildman–Crippen LogP) is 2.11. The summed E-state index contributed by atoms with van der Waals surface area (Å²) in [4.78, 5) is 24.1. The number of nitrogens with one attached hydrogen (secondary N) is 2. The highest BCUT2D eigenvalue weighted by Crippen LogP contribution is 2.30. The lowest BCUT2D eigenvalue weighted by molar-refractivity contribution is -0.120. The van der Waals surface area contributed by atoms with E-state index >= 15 is 0 Å². The minimum atomic E-state index is -0.462. The number of hydrogen-bond acceptors (Lipinski definition) is 6. The lowest BCUT2D eigenvalue weighted by Gasteiger charge is -2.18. The molecule has 0 atom stereocenters. The summed E-state index contributed by atoms with van der Waals surface area (Å²) in [7, 11) is 1.55. The molecular formula is C19H18BrN3O5. The van der Waals surface area contributed by atoms with Crippen LogP contribution >= 0.6 is 15.9 Å². The minimum absolute atomic E-state index is 0.222. The molecule has 1 heterocycles. The Labute approximate surface area is 170 Å². The number of amides is 2. The normalized spacial score (nSPS) is 12.5. The van der Waals surface area contributed by atoms with Crippen molar-refractivity contribution in [2.75, 3.05) is 26.9 Å². The summed E-state index contributed by atoms with van der Waals surface area (Å²) in [5, 5.41) is 6.42. The molecule has 2 aromatic carbocycles. The van der Waals surface area contributed by atoms with Crippen LogP contribution in [0.4, 0.5) is 0 Å². The number of halogens is 1. The first-order chi connectivity index (χ1) is 13.6. The van der Waals surface area contributed by atoms with Crippen molar-refractivity contribution in [1.29, 1.82) is 0 Å². The van der Waals surface area contributed by atoms with Crippen LogP contribution in [0.25, 0.3) is 0 Å². The van der Waals surface area contributed by atoms with Crippen LogP contribution in [0.2, 0.25) is 0 Å². The molecule has 3 rings (SSSR count). The average molecular weight is 448 g/mol. The van der Waals surface area contributed by atoms with Gasteiger partial charge in [0.2, 0.25) is 0 Å². The molecule has 0 bridgehead atoms. The second kappa shape index (κ2) is 9.23. The number of carbonyl (C=O) groups excluding carboxylic acids is 2. The highest BCUT2D eigenvalue weighted by Gasteiger charge is 2.15. The summed E-state index contributed by atoms with van der Waals surface area (Å²) in [6.07, 6.45) is 1.46. The van der Waals surface area contributed by atoms with Gasteiger partial charge >= 0.3 is 0 Å². The van der Waals surface area contributed by atoms with Crippen molar-refractivity contribution in [2.24, 2.45) is 5.10 Å². The van der Waals surface area contributed by atoms with Crippen LogP contribution in [0, 0.1) is 0 Å². The molecule has 1 aliphatic heterocycles. The number of ether oxygens (including phenoxy) is 3. The summed E-state index contributed by atoms with van der Waals surface area (Å²) in [5.41, 5.74) is 3.43. The molecule has 0 aliphatic carbocycles. The van der Waals surface area contributed by atoms with Gasteiger partial charge in [0.1, 0.15) is 19.0 Å². The Kier molecular flexibility index (Phi) is 6.49. The van der Waals surface area contributed by atoms with Crippen LogP contribution in [-0.2, 0) is 4.79 Å². The van der Waals surface area contributed by atoms with Gasteiger partial charge in [-0.25, -0.2) is 5.43 Å². The fraction of sp³-hybridized carbons (Fsp3) is 0.211. The van der Waals surface area contributed by atoms with Gasteiger partial charge in [0.25, 0.3) is 11.8 Å². The summed E-state index contributed by atoms with van der Waals surface area (Å²) in [5.74, 6) is 0.864. The van der Waals surface area contributed by atoms with Crippen molar-refractivity contribution in [1.82, 2.24) is 10.7 Å². The molecule has 8 nitrogen and oxygen atoms in total. The first kappa shape index (κ1) is 19.7. The maximum Gasteiger partial charge on any atom is 0.259 e. The molecule has 2 N–H and O–H groups in total. The van der Waals surface area contributed by atoms with E-state index in [0.29, 0.717) is 41.6 Å². The number of hydrazone groups is 1. The summed E-state index contributed by atoms with van der Waals surface area (Å²) in [6, 6.07) is 10.3. The zero-order valence-corrected chi connectivity index (χ0v) is 16.6. The first-order valence-electron chi connectivity index (χ1n) is 8.40. The largest absolute Gasteiger partial charge is 0.496 e. The topological polar surface area (TPSA) is 98.2 Å². The number of benzene rings is 2. The standard InChI is InChI=1S/C19H18BrN3O5/c1-26-15-5-3-14(20)8-13(15)10-22-23-18(24)11-21-19(25)12-2-4-16-17(9-12)28-7-6-27-16/h2-5,8-10H,6-7,11H2,1H3,(H,21,25)(H,23,24)/b22-10-. The summed E-state index contributed by atoms with van der Waals surface area (Å²) < 4.78 is 16.9. The fourth-order valence-electron chi connectivity index (χ4n) is 2.47. The Hall–Kier alpha value is -3.07. The zero-order valence-electron chi connectivity index (χ0n) is 15.0. The van der Waals surface area contributed by atoms with Crippen molar-refractivity contribution < 1.29 is 23.8 Å². The number of rotatable bonds is 6. The molecule has 2 aromatic rings. The highest BCUT2D eigenvalue weighted by molar-refractivity contribution is 9.10. The van der Waals surface area contributed by atoms with E-state index in [-0.39, 0.29) is 6.54 Å². The Morgan fingerprint density at radius 2 is 1.96 bits per heavy atom. The van der Waals surface area contributed by atoms with E-state index in [1.165, 1.54) is 6.21 Å². The monoisotopic (exact) mass is 447 g/mol. The molecule has 2 amide bonds. The van der Waals surface area contributed by atoms with Gasteiger partial charge < -0.3 is 19.5 Å². The van der Waals surface area contributed by atoms with E-state index in [1.807, 2.05) is 6.07 Å². The number of nitrogens with zero attached hydrogens (tertiary/aromatic N) is 1. The van der Waals surface area contributed by atoms with Crippen molar-refractivity contribution in [2.45, 2.75) is 0 Å². The van der Waals surface area contributed by atoms with Gasteiger partial charge in [-0.3, -0.25) is 9.59 Å². The van der Waals surface area contributed by atoms with Crippen molar-refractivity contribution in [3.05, 3.63) is 52.0 Å². The van der Waals surface area contributed by atoms with E-state index in [2.05, 4.69) is 31.8 Å². The van der Waals surface area contributed by atoms with Gasteiger partial charge in [-0.05, 0) is 36.4 Å². The third-order valence-electron chi connectivity index (χ3n) is 3.80. The molecule has 0 saturated heterocycles. The van der Waals surface area contributed by atoms with Gasteiger partial charge in [-0.2, -0.15) is 5.10 Å². The smallest absolute Gasteiger partial charge is 0.259 e. The molecule has 0 spiro atoms. The summed E-state index contributed by atoms with van der Waals surface area (Å²) in [6.45, 7) is 0.687. The van der Waals surface area contributed by atoms with Crippen molar-refractivity contribution in [3.8, 4) is 17.2 Å². The van der Waals surface area contributed by atoms with Crippen molar-refractivity contribution >= 4 is 34.0 Å². The van der Waals surface area contributed by atoms with Crippen LogP contribution in [-0.4, -0.2) is 44.9 Å². The van der Waals surface area contributed by atoms with Crippen LogP contribution < -0.4 is 25.0 Å². The molecule has 0 fully saturated rings. The third kappa shape index (κ3) is 5.01. The van der Waals surface area contributed by atoms with Gasteiger partial charge in [0.05, 0.1) is 19.9 Å². The third-order valence-corrected chi connectivity index (χ3v) is 4.29. The number of hydrogen-bond donors (Lipinski definition) is 2. The number of fused-ring (bicyclic) bond motifs is 1. The second-order valence-electron chi connectivity index (χ2n) is 5.72. The molecule has 28 heavy (non-hydrogen) atoms. The predicted molar refractivity (Wildman–Crippen MR) is 106 cm³/mol. The van der Waals surface area contributed by atoms with Crippen LogP contribution in [0.1, 0.15) is 15.9 Å². The second-order valence-corrected chi connectivity index (χ2v) is 6.64. The molecule has 0 aromatic heterocycles. The van der Waals surface area contributed by atoms with E-state index in [1.54, 1.807) is 37.4 Å². The van der Waals surface area contributed by atoms with Crippen LogP contribution in [0.3, 0.4) is 0 Å².